The molecule has 0 spiro atoms. The third-order valence-electron chi connectivity index (χ3n) is 5.19. The van der Waals surface area contributed by atoms with Crippen molar-refractivity contribution >= 4 is 27.7 Å². The van der Waals surface area contributed by atoms with Crippen molar-refractivity contribution in [3.05, 3.63) is 70.2 Å². The fraction of sp³-hybridized carbons (Fsp3) is 0.333. The van der Waals surface area contributed by atoms with E-state index in [0.29, 0.717) is 18.0 Å². The topological polar surface area (TPSA) is 49.6 Å². The van der Waals surface area contributed by atoms with Crippen molar-refractivity contribution in [2.45, 2.75) is 46.3 Å². The molecule has 0 atom stereocenters. The summed E-state index contributed by atoms with van der Waals surface area (Å²) in [7, 11) is 1.99. The lowest BCUT2D eigenvalue weighted by atomic mass is 10.1. The molecule has 3 rings (SSSR count). The number of hydrogen-bond donors (Lipinski definition) is 0. The van der Waals surface area contributed by atoms with Crippen molar-refractivity contribution in [3.8, 4) is 11.3 Å². The van der Waals surface area contributed by atoms with Gasteiger partial charge in [0.25, 0.3) is 5.91 Å². The molecule has 0 unspecified atom stereocenters. The van der Waals surface area contributed by atoms with Gasteiger partial charge in [-0.3, -0.25) is 4.79 Å². The van der Waals surface area contributed by atoms with Gasteiger partial charge < -0.3 is 14.3 Å². The smallest absolute Gasteiger partial charge is 0.254 e. The standard InChI is InChI=1S/C24H28BrN3O2/c1-16(2)27(5)24-21(22(26-30-24)18-10-7-6-8-11-18)15-28(17(3)4)23(29)19-12-9-13-20(25)14-19/h6-14,16-17H,15H2,1-5H3. The predicted octanol–water partition coefficient (Wildman–Crippen LogP) is 6.00. The molecule has 0 radical (unpaired) electrons. The van der Waals surface area contributed by atoms with Gasteiger partial charge in [-0.2, -0.15) is 0 Å². The lowest BCUT2D eigenvalue weighted by Gasteiger charge is -2.28. The average molecular weight is 470 g/mol. The summed E-state index contributed by atoms with van der Waals surface area (Å²) in [5.41, 5.74) is 3.30. The Hall–Kier alpha value is -2.60. The van der Waals surface area contributed by atoms with Crippen molar-refractivity contribution in [1.82, 2.24) is 10.1 Å². The maximum Gasteiger partial charge on any atom is 0.254 e. The number of nitrogens with zero attached hydrogens (tertiary/aromatic N) is 3. The number of anilines is 1. The van der Waals surface area contributed by atoms with E-state index in [4.69, 9.17) is 4.52 Å². The first kappa shape index (κ1) is 22.1. The molecule has 0 saturated carbocycles. The van der Waals surface area contributed by atoms with Gasteiger partial charge in [0, 0.05) is 34.7 Å². The van der Waals surface area contributed by atoms with E-state index in [1.54, 1.807) is 0 Å². The fourth-order valence-electron chi connectivity index (χ4n) is 3.22. The second kappa shape index (κ2) is 9.47. The molecule has 0 bridgehead atoms. The number of halogens is 1. The van der Waals surface area contributed by atoms with Crippen LogP contribution in [0, 0.1) is 0 Å². The van der Waals surface area contributed by atoms with Crippen LogP contribution in [0.2, 0.25) is 0 Å². The summed E-state index contributed by atoms with van der Waals surface area (Å²) < 4.78 is 6.67. The van der Waals surface area contributed by atoms with E-state index in [1.165, 1.54) is 0 Å². The number of carbonyl (C=O) groups is 1. The van der Waals surface area contributed by atoms with Gasteiger partial charge in [-0.1, -0.05) is 57.5 Å². The van der Waals surface area contributed by atoms with E-state index in [-0.39, 0.29) is 18.0 Å². The van der Waals surface area contributed by atoms with Crippen molar-refractivity contribution in [2.24, 2.45) is 0 Å². The Morgan fingerprint density at radius 3 is 2.33 bits per heavy atom. The Labute approximate surface area is 186 Å². The highest BCUT2D eigenvalue weighted by Gasteiger charge is 2.27. The van der Waals surface area contributed by atoms with Gasteiger partial charge in [0.1, 0.15) is 5.69 Å². The zero-order valence-electron chi connectivity index (χ0n) is 18.1. The molecule has 1 amide bonds. The number of rotatable bonds is 7. The summed E-state index contributed by atoms with van der Waals surface area (Å²) in [6.45, 7) is 8.65. The second-order valence-corrected chi connectivity index (χ2v) is 8.84. The van der Waals surface area contributed by atoms with Gasteiger partial charge in [0.05, 0.1) is 12.1 Å². The highest BCUT2D eigenvalue weighted by Crippen LogP contribution is 2.33. The summed E-state index contributed by atoms with van der Waals surface area (Å²) >= 11 is 3.46. The van der Waals surface area contributed by atoms with Crippen molar-refractivity contribution < 1.29 is 9.32 Å². The summed E-state index contributed by atoms with van der Waals surface area (Å²) in [5.74, 6) is 0.668. The summed E-state index contributed by atoms with van der Waals surface area (Å²) in [6.07, 6.45) is 0. The van der Waals surface area contributed by atoms with Gasteiger partial charge in [-0.25, -0.2) is 0 Å². The third kappa shape index (κ3) is 4.75. The van der Waals surface area contributed by atoms with Crippen LogP contribution in [-0.2, 0) is 6.54 Å². The van der Waals surface area contributed by atoms with E-state index >= 15 is 0 Å². The van der Waals surface area contributed by atoms with E-state index in [1.807, 2.05) is 80.4 Å². The van der Waals surface area contributed by atoms with Gasteiger partial charge in [0.2, 0.25) is 5.88 Å². The minimum atomic E-state index is -0.0235. The SMILES string of the molecule is CC(C)N(Cc1c(-c2ccccc2)noc1N(C)C(C)C)C(=O)c1cccc(Br)c1. The number of benzene rings is 2. The zero-order chi connectivity index (χ0) is 21.8. The van der Waals surface area contributed by atoms with Crippen LogP contribution in [0.1, 0.15) is 43.6 Å². The first-order chi connectivity index (χ1) is 14.3. The highest BCUT2D eigenvalue weighted by molar-refractivity contribution is 9.10. The normalized spacial score (nSPS) is 11.2. The number of amides is 1. The molecule has 0 aliphatic rings. The highest BCUT2D eigenvalue weighted by atomic mass is 79.9. The van der Waals surface area contributed by atoms with Crippen molar-refractivity contribution in [2.75, 3.05) is 11.9 Å². The Balaban J connectivity index is 2.05. The minimum absolute atomic E-state index is 0.00668. The van der Waals surface area contributed by atoms with E-state index < -0.39 is 0 Å². The number of aromatic nitrogens is 1. The van der Waals surface area contributed by atoms with Crippen LogP contribution in [0.5, 0.6) is 0 Å². The van der Waals surface area contributed by atoms with Gasteiger partial charge >= 0.3 is 0 Å². The van der Waals surface area contributed by atoms with Crippen molar-refractivity contribution in [1.29, 1.82) is 0 Å². The molecule has 2 aromatic carbocycles. The Kier molecular flexibility index (Phi) is 6.98. The monoisotopic (exact) mass is 469 g/mol. The zero-order valence-corrected chi connectivity index (χ0v) is 19.7. The van der Waals surface area contributed by atoms with Crippen LogP contribution < -0.4 is 4.90 Å². The molecule has 30 heavy (non-hydrogen) atoms. The van der Waals surface area contributed by atoms with Gasteiger partial charge in [-0.15, -0.1) is 0 Å². The molecule has 6 heteroatoms. The van der Waals surface area contributed by atoms with Crippen LogP contribution >= 0.6 is 15.9 Å². The van der Waals surface area contributed by atoms with Gasteiger partial charge in [0.15, 0.2) is 0 Å². The molecule has 0 fully saturated rings. The Morgan fingerprint density at radius 1 is 1.03 bits per heavy atom. The van der Waals surface area contributed by atoms with Crippen LogP contribution in [-0.4, -0.2) is 35.1 Å². The Morgan fingerprint density at radius 2 is 1.73 bits per heavy atom. The second-order valence-electron chi connectivity index (χ2n) is 7.92. The summed E-state index contributed by atoms with van der Waals surface area (Å²) in [6, 6.07) is 17.7. The van der Waals surface area contributed by atoms with Gasteiger partial charge in [-0.05, 0) is 45.9 Å². The first-order valence-electron chi connectivity index (χ1n) is 10.1. The lowest BCUT2D eigenvalue weighted by Crippen LogP contribution is -2.37. The maximum absolute atomic E-state index is 13.4. The molecule has 5 nitrogen and oxygen atoms in total. The van der Waals surface area contributed by atoms with E-state index in [2.05, 4.69) is 39.8 Å². The molecule has 0 aliphatic heterocycles. The van der Waals surface area contributed by atoms with Crippen LogP contribution in [0.4, 0.5) is 5.88 Å². The molecular weight excluding hydrogens is 442 g/mol. The molecule has 1 heterocycles. The lowest BCUT2D eigenvalue weighted by molar-refractivity contribution is 0.0690. The summed E-state index contributed by atoms with van der Waals surface area (Å²) in [5, 5.41) is 4.39. The fourth-order valence-corrected chi connectivity index (χ4v) is 3.62. The first-order valence-corrected chi connectivity index (χ1v) is 10.9. The molecule has 1 aromatic heterocycles. The van der Waals surface area contributed by atoms with Crippen LogP contribution in [0.3, 0.4) is 0 Å². The largest absolute Gasteiger partial charge is 0.341 e. The number of hydrogen-bond acceptors (Lipinski definition) is 4. The quantitative estimate of drug-likeness (QED) is 0.425. The predicted molar refractivity (Wildman–Crippen MR) is 125 cm³/mol. The van der Waals surface area contributed by atoms with E-state index in [9.17, 15) is 4.79 Å². The third-order valence-corrected chi connectivity index (χ3v) is 5.69. The van der Waals surface area contributed by atoms with E-state index in [0.717, 1.165) is 21.3 Å². The Bertz CT molecular complexity index is 999. The van der Waals surface area contributed by atoms with Crippen LogP contribution in [0.25, 0.3) is 11.3 Å². The number of carbonyl (C=O) groups excluding carboxylic acids is 1. The molecule has 0 saturated heterocycles. The average Bonchev–Trinajstić information content (AvgIpc) is 3.14. The molecule has 0 aliphatic carbocycles. The van der Waals surface area contributed by atoms with Crippen LogP contribution in [0.15, 0.2) is 63.6 Å². The minimum Gasteiger partial charge on any atom is -0.341 e. The molecular formula is C24H28BrN3O2. The molecule has 3 aromatic rings. The molecule has 0 N–H and O–H groups in total. The maximum atomic E-state index is 13.4. The van der Waals surface area contributed by atoms with Crippen molar-refractivity contribution in [3.63, 3.8) is 0 Å². The molecule has 158 valence electrons. The summed E-state index contributed by atoms with van der Waals surface area (Å²) in [4.78, 5) is 17.3.